The van der Waals surface area contributed by atoms with Crippen LogP contribution in [-0.4, -0.2) is 51.4 Å². The van der Waals surface area contributed by atoms with Crippen molar-refractivity contribution >= 4 is 40.5 Å². The number of piperazine rings is 1. The molecule has 1 aliphatic rings. The maximum Gasteiger partial charge on any atom is 0.278 e. The Morgan fingerprint density at radius 2 is 2.09 bits per heavy atom. The van der Waals surface area contributed by atoms with Gasteiger partial charge in [-0.2, -0.15) is 0 Å². The van der Waals surface area contributed by atoms with Crippen molar-refractivity contribution in [2.24, 2.45) is 0 Å². The van der Waals surface area contributed by atoms with Crippen LogP contribution < -0.4 is 15.5 Å². The number of nitro groups is 1. The molecule has 2 aromatic carbocycles. The number of nitro benzene ring substituents is 1. The predicted octanol–water partition coefficient (Wildman–Crippen LogP) is 2.33. The molecule has 2 heterocycles. The van der Waals surface area contributed by atoms with Crippen molar-refractivity contribution in [3.63, 3.8) is 0 Å². The third-order valence-corrected chi connectivity index (χ3v) is 5.28. The van der Waals surface area contributed by atoms with Gasteiger partial charge in [0.1, 0.15) is 0 Å². The second-order valence-corrected chi connectivity index (χ2v) is 7.51. The molecule has 2 N–H and O–H groups in total. The summed E-state index contributed by atoms with van der Waals surface area (Å²) < 4.78 is 1.36. The van der Waals surface area contributed by atoms with Crippen LogP contribution in [0.15, 0.2) is 42.5 Å². The molecule has 0 atom stereocenters. The predicted molar refractivity (Wildman–Crippen MR) is 117 cm³/mol. The van der Waals surface area contributed by atoms with Crippen molar-refractivity contribution < 1.29 is 14.5 Å². The summed E-state index contributed by atoms with van der Waals surface area (Å²) in [5, 5.41) is 24.8. The summed E-state index contributed by atoms with van der Waals surface area (Å²) >= 11 is 6.38. The van der Waals surface area contributed by atoms with E-state index >= 15 is 0 Å². The number of non-ortho nitro benzene ring substituents is 1. The maximum absolute atomic E-state index is 12.8. The number of benzene rings is 2. The molecule has 0 aliphatic carbocycles. The molecule has 164 valence electrons. The van der Waals surface area contributed by atoms with Crippen molar-refractivity contribution in [1.29, 1.82) is 0 Å². The number of halogens is 1. The number of nitrogens with one attached hydrogen (secondary N) is 2. The third kappa shape index (κ3) is 4.23. The minimum absolute atomic E-state index is 0.0735. The van der Waals surface area contributed by atoms with Crippen molar-refractivity contribution in [2.45, 2.75) is 6.92 Å². The molecule has 1 aromatic heterocycles. The van der Waals surface area contributed by atoms with Crippen molar-refractivity contribution in [1.82, 2.24) is 20.3 Å². The van der Waals surface area contributed by atoms with Crippen LogP contribution in [0, 0.1) is 17.0 Å². The zero-order chi connectivity index (χ0) is 22.8. The Hall–Kier alpha value is -3.99. The molecule has 0 saturated carbocycles. The van der Waals surface area contributed by atoms with Crippen LogP contribution in [0.25, 0.3) is 5.69 Å². The topological polar surface area (TPSA) is 135 Å². The van der Waals surface area contributed by atoms with Gasteiger partial charge in [-0.15, -0.1) is 5.10 Å². The lowest BCUT2D eigenvalue weighted by Gasteiger charge is -2.29. The summed E-state index contributed by atoms with van der Waals surface area (Å²) in [4.78, 5) is 36.7. The number of aromatic nitrogens is 3. The zero-order valence-electron chi connectivity index (χ0n) is 16.9. The summed E-state index contributed by atoms with van der Waals surface area (Å²) in [7, 11) is 0. The standard InChI is InChI=1S/C20H18ClN7O4/c1-12-19(24-25-27(12)14-3-2-4-15(10-14)28(31)32)20(30)23-13-5-6-17(16(21)9-13)26-8-7-22-18(29)11-26/h2-6,9-10H,7-8,11H2,1H3,(H,22,29)(H,23,30). The van der Waals surface area contributed by atoms with Crippen LogP contribution in [0.1, 0.15) is 16.2 Å². The fourth-order valence-electron chi connectivity index (χ4n) is 3.40. The van der Waals surface area contributed by atoms with E-state index in [4.69, 9.17) is 11.6 Å². The summed E-state index contributed by atoms with van der Waals surface area (Å²) in [6, 6.07) is 10.9. The van der Waals surface area contributed by atoms with Gasteiger partial charge in [-0.3, -0.25) is 19.7 Å². The van der Waals surface area contributed by atoms with Crippen LogP contribution in [0.2, 0.25) is 5.02 Å². The molecule has 2 amide bonds. The molecule has 1 aliphatic heterocycles. The number of hydrogen-bond donors (Lipinski definition) is 2. The van der Waals surface area contributed by atoms with Gasteiger partial charge < -0.3 is 15.5 Å². The molecule has 0 unspecified atom stereocenters. The Morgan fingerprint density at radius 1 is 1.28 bits per heavy atom. The van der Waals surface area contributed by atoms with Gasteiger partial charge in [0, 0.05) is 30.9 Å². The van der Waals surface area contributed by atoms with Gasteiger partial charge in [-0.05, 0) is 31.2 Å². The summed E-state index contributed by atoms with van der Waals surface area (Å²) in [5.41, 5.74) is 1.97. The lowest BCUT2D eigenvalue weighted by atomic mass is 10.2. The first-order valence-electron chi connectivity index (χ1n) is 9.63. The molecule has 0 spiro atoms. The highest BCUT2D eigenvalue weighted by Crippen LogP contribution is 2.29. The van der Waals surface area contributed by atoms with E-state index in [1.54, 1.807) is 31.2 Å². The molecule has 1 saturated heterocycles. The molecule has 3 aromatic rings. The van der Waals surface area contributed by atoms with Gasteiger partial charge >= 0.3 is 0 Å². The summed E-state index contributed by atoms with van der Waals surface area (Å²) in [6.07, 6.45) is 0. The monoisotopic (exact) mass is 455 g/mol. The molecule has 0 bridgehead atoms. The first-order valence-corrected chi connectivity index (χ1v) is 10.0. The Labute approximate surface area is 187 Å². The highest BCUT2D eigenvalue weighted by Gasteiger charge is 2.21. The molecule has 4 rings (SSSR count). The molecule has 12 heteroatoms. The lowest BCUT2D eigenvalue weighted by molar-refractivity contribution is -0.384. The molecule has 32 heavy (non-hydrogen) atoms. The van der Waals surface area contributed by atoms with Crippen molar-refractivity contribution in [2.75, 3.05) is 29.9 Å². The first kappa shape index (κ1) is 21.2. The van der Waals surface area contributed by atoms with E-state index in [0.29, 0.717) is 40.9 Å². The molecule has 1 fully saturated rings. The Balaban J connectivity index is 1.52. The van der Waals surface area contributed by atoms with Crippen molar-refractivity contribution in [3.8, 4) is 5.69 Å². The van der Waals surface area contributed by atoms with Gasteiger partial charge in [0.25, 0.3) is 11.6 Å². The normalized spacial score (nSPS) is 13.6. The average Bonchev–Trinajstić information content (AvgIpc) is 3.15. The van der Waals surface area contributed by atoms with E-state index in [0.717, 1.165) is 0 Å². The Bertz CT molecular complexity index is 1230. The molecule has 0 radical (unpaired) electrons. The molecular weight excluding hydrogens is 438 g/mol. The van der Waals surface area contributed by atoms with E-state index in [9.17, 15) is 19.7 Å². The zero-order valence-corrected chi connectivity index (χ0v) is 17.7. The highest BCUT2D eigenvalue weighted by molar-refractivity contribution is 6.33. The van der Waals surface area contributed by atoms with Crippen LogP contribution >= 0.6 is 11.6 Å². The number of carbonyl (C=O) groups excluding carboxylic acids is 2. The van der Waals surface area contributed by atoms with E-state index in [-0.39, 0.29) is 23.8 Å². The lowest BCUT2D eigenvalue weighted by Crippen LogP contribution is -2.47. The third-order valence-electron chi connectivity index (χ3n) is 4.98. The van der Waals surface area contributed by atoms with E-state index in [1.807, 2.05) is 4.90 Å². The van der Waals surface area contributed by atoms with Gasteiger partial charge in [0.15, 0.2) is 5.69 Å². The van der Waals surface area contributed by atoms with Crippen molar-refractivity contribution in [3.05, 3.63) is 69.0 Å². The number of amides is 2. The van der Waals surface area contributed by atoms with Crippen LogP contribution in [0.4, 0.5) is 17.1 Å². The Kier molecular flexibility index (Phi) is 5.73. The number of anilines is 2. The smallest absolute Gasteiger partial charge is 0.278 e. The van der Waals surface area contributed by atoms with E-state index in [2.05, 4.69) is 20.9 Å². The summed E-state index contributed by atoms with van der Waals surface area (Å²) in [5.74, 6) is -0.577. The number of carbonyl (C=O) groups is 2. The summed E-state index contributed by atoms with van der Waals surface area (Å²) in [6.45, 7) is 3.03. The maximum atomic E-state index is 12.8. The van der Waals surface area contributed by atoms with Gasteiger partial charge in [0.05, 0.1) is 33.6 Å². The quantitative estimate of drug-likeness (QED) is 0.445. The number of nitrogens with zero attached hydrogens (tertiary/aromatic N) is 5. The first-order chi connectivity index (χ1) is 15.3. The second-order valence-electron chi connectivity index (χ2n) is 7.10. The molecule has 11 nitrogen and oxygen atoms in total. The fourth-order valence-corrected chi connectivity index (χ4v) is 3.70. The Morgan fingerprint density at radius 3 is 2.81 bits per heavy atom. The van der Waals surface area contributed by atoms with Gasteiger partial charge in [0.2, 0.25) is 5.91 Å². The van der Waals surface area contributed by atoms with E-state index in [1.165, 1.54) is 22.9 Å². The largest absolute Gasteiger partial charge is 0.359 e. The van der Waals surface area contributed by atoms with Crippen LogP contribution in [0.3, 0.4) is 0 Å². The van der Waals surface area contributed by atoms with E-state index < -0.39 is 10.8 Å². The number of rotatable bonds is 5. The minimum atomic E-state index is -0.507. The minimum Gasteiger partial charge on any atom is -0.359 e. The van der Waals surface area contributed by atoms with Crippen LogP contribution in [-0.2, 0) is 4.79 Å². The fraction of sp³-hybridized carbons (Fsp3) is 0.200. The molecular formula is C20H18ClN7O4. The highest BCUT2D eigenvalue weighted by atomic mass is 35.5. The number of hydrogen-bond acceptors (Lipinski definition) is 7. The van der Waals surface area contributed by atoms with Gasteiger partial charge in [-0.25, -0.2) is 4.68 Å². The van der Waals surface area contributed by atoms with Gasteiger partial charge in [-0.1, -0.05) is 22.9 Å². The SMILES string of the molecule is Cc1c(C(=O)Nc2ccc(N3CCNC(=O)C3)c(Cl)c2)nnn1-c1cccc([N+](=O)[O-])c1. The second kappa shape index (κ2) is 8.63. The average molecular weight is 456 g/mol. The van der Waals surface area contributed by atoms with Crippen LogP contribution in [0.5, 0.6) is 0 Å².